The van der Waals surface area contributed by atoms with Gasteiger partial charge in [0, 0.05) is 13.1 Å². The number of fused-ring (bicyclic) bond motifs is 1. The van der Waals surface area contributed by atoms with Crippen molar-refractivity contribution < 1.29 is 0 Å². The molecule has 1 aliphatic carbocycles. The van der Waals surface area contributed by atoms with Gasteiger partial charge in [-0.2, -0.15) is 5.26 Å². The van der Waals surface area contributed by atoms with Gasteiger partial charge in [0.2, 0.25) is 0 Å². The molecule has 1 aromatic rings. The Labute approximate surface area is 99.5 Å². The summed E-state index contributed by atoms with van der Waals surface area (Å²) in [6, 6.07) is 4.12. The second kappa shape index (κ2) is 3.67. The number of hydrogen-bond acceptors (Lipinski definition) is 4. The predicted octanol–water partition coefficient (Wildman–Crippen LogP) is 2.44. The van der Waals surface area contributed by atoms with E-state index in [9.17, 15) is 0 Å². The van der Waals surface area contributed by atoms with Gasteiger partial charge in [-0.3, -0.25) is 0 Å². The molecule has 1 aliphatic heterocycles. The average molecular weight is 233 g/mol. The highest BCUT2D eigenvalue weighted by atomic mass is 32.1. The molecule has 4 heteroatoms. The van der Waals surface area contributed by atoms with Crippen molar-refractivity contribution in [3.05, 3.63) is 10.9 Å². The Morgan fingerprint density at radius 2 is 2.06 bits per heavy atom. The van der Waals surface area contributed by atoms with Crippen molar-refractivity contribution in [3.8, 4) is 6.07 Å². The van der Waals surface area contributed by atoms with E-state index in [-0.39, 0.29) is 0 Å². The van der Waals surface area contributed by atoms with Crippen LogP contribution in [0.2, 0.25) is 0 Å². The van der Waals surface area contributed by atoms with Gasteiger partial charge in [0.05, 0.1) is 10.7 Å². The van der Waals surface area contributed by atoms with Crippen molar-refractivity contribution in [1.82, 2.24) is 0 Å². The number of nitrogen functional groups attached to an aromatic ring is 1. The third-order valence-electron chi connectivity index (χ3n) is 3.89. The van der Waals surface area contributed by atoms with Crippen molar-refractivity contribution in [1.29, 1.82) is 5.26 Å². The lowest BCUT2D eigenvalue weighted by Crippen LogP contribution is -2.19. The Hall–Kier alpha value is -1.21. The van der Waals surface area contributed by atoms with E-state index < -0.39 is 0 Å². The molecule has 2 N–H and O–H groups in total. The van der Waals surface area contributed by atoms with Gasteiger partial charge in [-0.15, -0.1) is 11.3 Å². The molecule has 0 bridgehead atoms. The van der Waals surface area contributed by atoms with Crippen molar-refractivity contribution in [3.63, 3.8) is 0 Å². The zero-order valence-electron chi connectivity index (χ0n) is 9.15. The number of anilines is 2. The van der Waals surface area contributed by atoms with Crippen LogP contribution in [0.5, 0.6) is 0 Å². The summed E-state index contributed by atoms with van der Waals surface area (Å²) in [6.07, 6.45) is 4.17. The number of rotatable bonds is 1. The minimum absolute atomic E-state index is 0.638. The van der Waals surface area contributed by atoms with Gasteiger partial charge >= 0.3 is 0 Å². The van der Waals surface area contributed by atoms with Crippen LogP contribution in [0, 0.1) is 23.2 Å². The van der Waals surface area contributed by atoms with E-state index in [2.05, 4.69) is 11.0 Å². The summed E-state index contributed by atoms with van der Waals surface area (Å²) in [4.78, 5) is 3.07. The van der Waals surface area contributed by atoms with Crippen molar-refractivity contribution >= 4 is 22.0 Å². The van der Waals surface area contributed by atoms with E-state index in [1.807, 2.05) is 6.07 Å². The zero-order valence-corrected chi connectivity index (χ0v) is 9.96. The molecule has 0 spiro atoms. The molecule has 0 radical (unpaired) electrons. The summed E-state index contributed by atoms with van der Waals surface area (Å²) in [7, 11) is 0. The van der Waals surface area contributed by atoms with Gasteiger partial charge in [-0.25, -0.2) is 0 Å². The largest absolute Gasteiger partial charge is 0.397 e. The first kappa shape index (κ1) is 9.98. The number of thiophene rings is 1. The van der Waals surface area contributed by atoms with Crippen LogP contribution in [-0.4, -0.2) is 13.1 Å². The second-order valence-corrected chi connectivity index (χ2v) is 5.87. The summed E-state index contributed by atoms with van der Waals surface area (Å²) in [5.41, 5.74) is 6.44. The molecule has 3 nitrogen and oxygen atoms in total. The maximum atomic E-state index is 8.90. The van der Waals surface area contributed by atoms with Crippen LogP contribution in [0.25, 0.3) is 0 Å². The Morgan fingerprint density at radius 3 is 2.62 bits per heavy atom. The number of nitrogens with zero attached hydrogens (tertiary/aromatic N) is 2. The summed E-state index contributed by atoms with van der Waals surface area (Å²) in [5.74, 6) is 1.77. The summed E-state index contributed by atoms with van der Waals surface area (Å²) >= 11 is 1.54. The number of hydrogen-bond donors (Lipinski definition) is 1. The normalized spacial score (nSPS) is 28.1. The van der Waals surface area contributed by atoms with Crippen LogP contribution in [-0.2, 0) is 0 Å². The molecular formula is C12H15N3S. The smallest absolute Gasteiger partial charge is 0.129 e. The van der Waals surface area contributed by atoms with Crippen LogP contribution in [0.1, 0.15) is 24.1 Å². The molecule has 1 aromatic heterocycles. The van der Waals surface area contributed by atoms with E-state index in [0.717, 1.165) is 24.9 Å². The lowest BCUT2D eigenvalue weighted by molar-refractivity contribution is 0.494. The van der Waals surface area contributed by atoms with Gasteiger partial charge in [-0.1, -0.05) is 6.42 Å². The van der Waals surface area contributed by atoms with Crippen molar-refractivity contribution in [2.75, 3.05) is 23.7 Å². The lowest BCUT2D eigenvalue weighted by atomic mass is 10.0. The molecule has 16 heavy (non-hydrogen) atoms. The maximum absolute atomic E-state index is 8.90. The fourth-order valence-corrected chi connectivity index (χ4v) is 3.95. The van der Waals surface area contributed by atoms with Gasteiger partial charge in [0.1, 0.15) is 10.9 Å². The third kappa shape index (κ3) is 1.47. The summed E-state index contributed by atoms with van der Waals surface area (Å²) < 4.78 is 0. The van der Waals surface area contributed by atoms with E-state index in [1.54, 1.807) is 0 Å². The minimum Gasteiger partial charge on any atom is -0.397 e. The van der Waals surface area contributed by atoms with Gasteiger partial charge in [0.25, 0.3) is 0 Å². The average Bonchev–Trinajstić information content (AvgIpc) is 2.88. The molecule has 0 aromatic carbocycles. The van der Waals surface area contributed by atoms with Crippen molar-refractivity contribution in [2.45, 2.75) is 19.3 Å². The van der Waals surface area contributed by atoms with Crippen LogP contribution in [0.4, 0.5) is 10.7 Å². The molecule has 2 unspecified atom stereocenters. The fraction of sp³-hybridized carbons (Fsp3) is 0.583. The molecule has 1 saturated heterocycles. The first-order valence-corrected chi connectivity index (χ1v) is 6.64. The Morgan fingerprint density at radius 1 is 1.38 bits per heavy atom. The summed E-state index contributed by atoms with van der Waals surface area (Å²) in [6.45, 7) is 2.32. The molecule has 3 rings (SSSR count). The monoisotopic (exact) mass is 233 g/mol. The van der Waals surface area contributed by atoms with Gasteiger partial charge in [-0.05, 0) is 30.7 Å². The first-order chi connectivity index (χ1) is 7.78. The predicted molar refractivity (Wildman–Crippen MR) is 66.5 cm³/mol. The van der Waals surface area contributed by atoms with Crippen molar-refractivity contribution in [2.24, 2.45) is 11.8 Å². The van der Waals surface area contributed by atoms with E-state index in [4.69, 9.17) is 11.0 Å². The van der Waals surface area contributed by atoms with E-state index >= 15 is 0 Å². The molecule has 2 aliphatic rings. The molecule has 2 atom stereocenters. The highest BCUT2D eigenvalue weighted by Gasteiger charge is 2.36. The number of nitrogens with two attached hydrogens (primary N) is 1. The van der Waals surface area contributed by atoms with Gasteiger partial charge < -0.3 is 10.6 Å². The lowest BCUT2D eigenvalue weighted by Gasteiger charge is -2.16. The SMILES string of the molecule is N#Cc1sc(N2CC3CCCC3C2)cc1N. The zero-order chi connectivity index (χ0) is 11.1. The topological polar surface area (TPSA) is 53.0 Å². The molecule has 2 fully saturated rings. The number of nitriles is 1. The third-order valence-corrected chi connectivity index (χ3v) is 5.00. The fourth-order valence-electron chi connectivity index (χ4n) is 3.05. The van der Waals surface area contributed by atoms with Crippen LogP contribution in [0.3, 0.4) is 0 Å². The van der Waals surface area contributed by atoms with E-state index in [1.165, 1.54) is 35.6 Å². The maximum Gasteiger partial charge on any atom is 0.129 e. The molecule has 0 amide bonds. The molecule has 2 heterocycles. The van der Waals surface area contributed by atoms with Crippen LogP contribution >= 0.6 is 11.3 Å². The molecule has 84 valence electrons. The minimum atomic E-state index is 0.638. The van der Waals surface area contributed by atoms with Gasteiger partial charge in [0.15, 0.2) is 0 Å². The Kier molecular flexibility index (Phi) is 2.29. The van der Waals surface area contributed by atoms with E-state index in [0.29, 0.717) is 10.6 Å². The van der Waals surface area contributed by atoms with Crippen LogP contribution in [0.15, 0.2) is 6.07 Å². The standard InChI is InChI=1S/C12H15N3S/c13-5-11-10(14)4-12(16-11)15-6-8-2-1-3-9(8)7-15/h4,8-9H,1-3,6-7,14H2. The Balaban J connectivity index is 1.81. The highest BCUT2D eigenvalue weighted by Crippen LogP contribution is 2.42. The molecular weight excluding hydrogens is 218 g/mol. The highest BCUT2D eigenvalue weighted by molar-refractivity contribution is 7.17. The Bertz CT molecular complexity index is 434. The second-order valence-electron chi connectivity index (χ2n) is 4.84. The summed E-state index contributed by atoms with van der Waals surface area (Å²) in [5, 5.41) is 10.1. The van der Waals surface area contributed by atoms with Crippen LogP contribution < -0.4 is 10.6 Å². The first-order valence-electron chi connectivity index (χ1n) is 5.82. The molecule has 1 saturated carbocycles. The quantitative estimate of drug-likeness (QED) is 0.810.